The number of anilines is 1. The Hall–Kier alpha value is -4.78. The fourth-order valence-corrected chi connectivity index (χ4v) is 4.95. The van der Waals surface area contributed by atoms with Crippen molar-refractivity contribution in [3.05, 3.63) is 74.8 Å². The summed E-state index contributed by atoms with van der Waals surface area (Å²) in [6, 6.07) is 8.69. The van der Waals surface area contributed by atoms with E-state index in [2.05, 4.69) is 16.0 Å². The lowest BCUT2D eigenvalue weighted by atomic mass is 9.61. The Bertz CT molecular complexity index is 1480. The molecule has 0 radical (unpaired) electrons. The first-order valence-corrected chi connectivity index (χ1v) is 10.4. The summed E-state index contributed by atoms with van der Waals surface area (Å²) in [7, 11) is 0. The van der Waals surface area contributed by atoms with Crippen molar-refractivity contribution in [2.75, 3.05) is 5.32 Å². The summed E-state index contributed by atoms with van der Waals surface area (Å²) >= 11 is 4.82. The van der Waals surface area contributed by atoms with Gasteiger partial charge in [0, 0.05) is 34.5 Å². The van der Waals surface area contributed by atoms with Crippen molar-refractivity contribution in [1.29, 1.82) is 0 Å². The van der Waals surface area contributed by atoms with Gasteiger partial charge >= 0.3 is 0 Å². The molecule has 1 fully saturated rings. The first-order chi connectivity index (χ1) is 16.6. The summed E-state index contributed by atoms with van der Waals surface area (Å²) in [5, 5.41) is 29.2. The second-order valence-corrected chi connectivity index (χ2v) is 8.33. The third-order valence-electron chi connectivity index (χ3n) is 6.17. The maximum atomic E-state index is 13.6. The number of nitrogens with zero attached hydrogens (tertiary/aromatic N) is 1. The van der Waals surface area contributed by atoms with Crippen molar-refractivity contribution in [3.8, 4) is 0 Å². The molecule has 0 saturated carbocycles. The van der Waals surface area contributed by atoms with Crippen LogP contribution >= 0.6 is 12.2 Å². The van der Waals surface area contributed by atoms with Crippen molar-refractivity contribution >= 4 is 63.8 Å². The number of carbonyl (C=O) groups excluding carboxylic acids is 5. The molecule has 2 aromatic rings. The highest BCUT2D eigenvalue weighted by atomic mass is 32.1. The van der Waals surface area contributed by atoms with Gasteiger partial charge in [0.25, 0.3) is 5.69 Å². The molecule has 1 atom stereocenters. The maximum absolute atomic E-state index is 13.6. The van der Waals surface area contributed by atoms with E-state index < -0.39 is 62.6 Å². The van der Waals surface area contributed by atoms with Crippen LogP contribution in [0.2, 0.25) is 0 Å². The number of aliphatic hydroxyl groups excluding tert-OH is 1. The zero-order valence-corrected chi connectivity index (χ0v) is 18.1. The van der Waals surface area contributed by atoms with E-state index in [4.69, 9.17) is 12.2 Å². The summed E-state index contributed by atoms with van der Waals surface area (Å²) in [4.78, 5) is 77.0. The molecule has 4 N–H and O–H groups in total. The van der Waals surface area contributed by atoms with Crippen molar-refractivity contribution in [3.63, 3.8) is 0 Å². The Labute approximate surface area is 200 Å². The van der Waals surface area contributed by atoms with Crippen LogP contribution in [-0.4, -0.2) is 44.4 Å². The van der Waals surface area contributed by atoms with Crippen LogP contribution in [0.15, 0.2) is 48.0 Å². The number of ketones is 2. The zero-order valence-electron chi connectivity index (χ0n) is 17.3. The third kappa shape index (κ3) is 2.85. The molecule has 3 aliphatic rings. The molecule has 35 heavy (non-hydrogen) atoms. The smallest absolute Gasteiger partial charge is 0.269 e. The molecule has 2 heterocycles. The number of nitro groups is 1. The highest BCUT2D eigenvalue weighted by Gasteiger charge is 2.65. The zero-order chi connectivity index (χ0) is 25.2. The summed E-state index contributed by atoms with van der Waals surface area (Å²) in [6.07, 6.45) is 0. The average molecular weight is 492 g/mol. The number of Topliss-reactive ketones (excluding diaryl/α,β-unsaturated/α-hetero) is 2. The van der Waals surface area contributed by atoms with Crippen LogP contribution in [0.3, 0.4) is 0 Å². The van der Waals surface area contributed by atoms with Gasteiger partial charge < -0.3 is 21.1 Å². The molecule has 2 aliphatic heterocycles. The fraction of sp³-hybridized carbons (Fsp3) is 0.0909. The number of hydrogen-bond donors (Lipinski definition) is 4. The van der Waals surface area contributed by atoms with Crippen molar-refractivity contribution < 1.29 is 34.0 Å². The van der Waals surface area contributed by atoms with E-state index in [0.29, 0.717) is 0 Å². The Balaban J connectivity index is 1.92. The molecule has 1 unspecified atom stereocenters. The standard InChI is InChI=1S/C22H12N4O8S/c27-15-9-3-1-2-4-10(9)16(28)17(29)13(15)22(14-18(30)24-21(35)25-19(14)31)11-7-8(26(33)34)5-6-12(11)23-20(22)32/h1-7,14,27H,(H,23,32)(H2,24,25,30,31,35). The lowest BCUT2D eigenvalue weighted by Crippen LogP contribution is -2.64. The van der Waals surface area contributed by atoms with Crippen molar-refractivity contribution in [2.45, 2.75) is 5.41 Å². The molecule has 3 amide bonds. The van der Waals surface area contributed by atoms with Gasteiger partial charge in [-0.1, -0.05) is 24.3 Å². The van der Waals surface area contributed by atoms with Gasteiger partial charge in [0.15, 0.2) is 5.11 Å². The van der Waals surface area contributed by atoms with Gasteiger partial charge in [0.2, 0.25) is 29.3 Å². The van der Waals surface area contributed by atoms with Crippen LogP contribution in [-0.2, 0) is 24.6 Å². The third-order valence-corrected chi connectivity index (χ3v) is 6.37. The van der Waals surface area contributed by atoms with Crippen LogP contribution in [0.25, 0.3) is 5.76 Å². The number of nitro benzene ring substituents is 1. The number of nitrogens with one attached hydrogen (secondary N) is 3. The largest absolute Gasteiger partial charge is 0.507 e. The maximum Gasteiger partial charge on any atom is 0.269 e. The minimum Gasteiger partial charge on any atom is -0.507 e. The molecule has 174 valence electrons. The average Bonchev–Trinajstić information content (AvgIpc) is 3.08. The van der Waals surface area contributed by atoms with Gasteiger partial charge in [-0.3, -0.25) is 34.1 Å². The molecule has 5 rings (SSSR count). The second-order valence-electron chi connectivity index (χ2n) is 7.92. The number of amides is 3. The van der Waals surface area contributed by atoms with Gasteiger partial charge in [-0.15, -0.1) is 0 Å². The molecule has 1 saturated heterocycles. The van der Waals surface area contributed by atoms with E-state index in [-0.39, 0.29) is 27.5 Å². The quantitative estimate of drug-likeness (QED) is 0.157. The normalized spacial score (nSPS) is 21.8. The Kier molecular flexibility index (Phi) is 4.63. The van der Waals surface area contributed by atoms with E-state index in [1.165, 1.54) is 24.3 Å². The molecule has 13 heteroatoms. The molecular formula is C22H12N4O8S. The van der Waals surface area contributed by atoms with E-state index in [0.717, 1.165) is 18.2 Å². The number of aliphatic hydroxyl groups is 1. The van der Waals surface area contributed by atoms with Crippen molar-refractivity contribution in [2.24, 2.45) is 5.92 Å². The van der Waals surface area contributed by atoms with Crippen LogP contribution in [0.1, 0.15) is 21.5 Å². The number of rotatable bonds is 3. The lowest BCUT2D eigenvalue weighted by molar-refractivity contribution is -0.384. The molecule has 0 bridgehead atoms. The van der Waals surface area contributed by atoms with Crippen LogP contribution in [0.5, 0.6) is 0 Å². The lowest BCUT2D eigenvalue weighted by Gasteiger charge is -2.38. The van der Waals surface area contributed by atoms with E-state index in [9.17, 15) is 39.2 Å². The summed E-state index contributed by atoms with van der Waals surface area (Å²) in [6.45, 7) is 0. The van der Waals surface area contributed by atoms with E-state index >= 15 is 0 Å². The predicted octanol–water partition coefficient (Wildman–Crippen LogP) is 0.666. The predicted molar refractivity (Wildman–Crippen MR) is 121 cm³/mol. The number of carbonyl (C=O) groups is 5. The number of non-ortho nitro benzene ring substituents is 1. The Morgan fingerprint density at radius 1 is 0.914 bits per heavy atom. The Morgan fingerprint density at radius 3 is 2.17 bits per heavy atom. The van der Waals surface area contributed by atoms with Crippen LogP contribution < -0.4 is 16.0 Å². The van der Waals surface area contributed by atoms with Crippen LogP contribution in [0.4, 0.5) is 11.4 Å². The van der Waals surface area contributed by atoms with Gasteiger partial charge in [-0.25, -0.2) is 0 Å². The topological polar surface area (TPSA) is 185 Å². The van der Waals surface area contributed by atoms with Gasteiger partial charge in [0.1, 0.15) is 17.1 Å². The monoisotopic (exact) mass is 492 g/mol. The van der Waals surface area contributed by atoms with E-state index in [1.54, 1.807) is 0 Å². The summed E-state index contributed by atoms with van der Waals surface area (Å²) < 4.78 is 0. The Morgan fingerprint density at radius 2 is 1.54 bits per heavy atom. The number of fused-ring (bicyclic) bond motifs is 2. The number of benzene rings is 2. The highest BCUT2D eigenvalue weighted by molar-refractivity contribution is 7.80. The SMILES string of the molecule is O=C1C(=O)c2ccccc2C(O)=C1C1(C2C(=O)NC(=S)NC2=O)C(=O)Nc2ccc([N+](=O)[O-])cc21. The van der Waals surface area contributed by atoms with Crippen LogP contribution in [0, 0.1) is 16.0 Å². The van der Waals surface area contributed by atoms with E-state index in [1.807, 2.05) is 0 Å². The minimum atomic E-state index is -2.63. The van der Waals surface area contributed by atoms with Crippen molar-refractivity contribution in [1.82, 2.24) is 10.6 Å². The second kappa shape index (κ2) is 7.36. The molecule has 0 spiro atoms. The molecule has 1 aliphatic carbocycles. The van der Waals surface area contributed by atoms with Gasteiger partial charge in [0.05, 0.1) is 10.5 Å². The van der Waals surface area contributed by atoms with Gasteiger partial charge in [-0.05, 0) is 18.3 Å². The molecular weight excluding hydrogens is 480 g/mol. The summed E-state index contributed by atoms with van der Waals surface area (Å²) in [5.41, 5.74) is -4.60. The molecule has 0 aromatic heterocycles. The van der Waals surface area contributed by atoms with Gasteiger partial charge in [-0.2, -0.15) is 0 Å². The summed E-state index contributed by atoms with van der Waals surface area (Å²) in [5.74, 6) is -8.63. The fourth-order valence-electron chi connectivity index (χ4n) is 4.75. The number of thiocarbonyl (C=S) groups is 1. The highest BCUT2D eigenvalue weighted by Crippen LogP contribution is 2.53. The minimum absolute atomic E-state index is 0.0474. The first kappa shape index (κ1) is 22.0. The first-order valence-electron chi connectivity index (χ1n) is 9.97. The molecule has 2 aromatic carbocycles. The number of hydrogen-bond acceptors (Lipinski definition) is 9. The molecule has 12 nitrogen and oxygen atoms in total.